The summed E-state index contributed by atoms with van der Waals surface area (Å²) in [5.74, 6) is 2.03. The van der Waals surface area contributed by atoms with Crippen LogP contribution in [0, 0.1) is 13.8 Å². The van der Waals surface area contributed by atoms with Gasteiger partial charge in [0.2, 0.25) is 5.89 Å². The van der Waals surface area contributed by atoms with Gasteiger partial charge in [-0.1, -0.05) is 23.4 Å². The molecule has 0 amide bonds. The summed E-state index contributed by atoms with van der Waals surface area (Å²) in [5.41, 5.74) is 3.87. The smallest absolute Gasteiger partial charge is 0.229 e. The molecular weight excluding hydrogens is 250 g/mol. The van der Waals surface area contributed by atoms with Crippen LogP contribution in [-0.2, 0) is 6.42 Å². The highest BCUT2D eigenvalue weighted by Gasteiger charge is 2.21. The Kier molecular flexibility index (Phi) is 3.83. The molecule has 0 atom stereocenters. The number of aryl methyl sites for hydroxylation is 2. The normalized spacial score (nSPS) is 16.5. The Morgan fingerprint density at radius 1 is 1.20 bits per heavy atom. The fraction of sp³-hybridized carbons (Fsp3) is 0.500. The number of nitrogens with zero attached hydrogens (tertiary/aromatic N) is 2. The predicted molar refractivity (Wildman–Crippen MR) is 77.9 cm³/mol. The first-order chi connectivity index (χ1) is 9.72. The van der Waals surface area contributed by atoms with Crippen molar-refractivity contribution in [1.29, 1.82) is 0 Å². The number of rotatable bonds is 3. The van der Waals surface area contributed by atoms with E-state index in [0.717, 1.165) is 44.1 Å². The Bertz CT molecular complexity index is 585. The van der Waals surface area contributed by atoms with E-state index < -0.39 is 0 Å². The molecule has 20 heavy (non-hydrogen) atoms. The number of hydrogen-bond donors (Lipinski definition) is 1. The van der Waals surface area contributed by atoms with Crippen LogP contribution in [0.5, 0.6) is 0 Å². The minimum Gasteiger partial charge on any atom is -0.339 e. The summed E-state index contributed by atoms with van der Waals surface area (Å²) in [6, 6.07) is 6.50. The van der Waals surface area contributed by atoms with E-state index in [-0.39, 0.29) is 0 Å². The van der Waals surface area contributed by atoms with Crippen LogP contribution in [0.1, 0.15) is 47.2 Å². The van der Waals surface area contributed by atoms with Crippen LogP contribution < -0.4 is 5.32 Å². The van der Waals surface area contributed by atoms with E-state index in [9.17, 15) is 0 Å². The molecule has 0 bridgehead atoms. The van der Waals surface area contributed by atoms with Crippen molar-refractivity contribution >= 4 is 0 Å². The number of piperidine rings is 1. The van der Waals surface area contributed by atoms with Gasteiger partial charge in [-0.2, -0.15) is 4.98 Å². The van der Waals surface area contributed by atoms with Crippen LogP contribution in [0.4, 0.5) is 0 Å². The quantitative estimate of drug-likeness (QED) is 0.932. The second-order valence-electron chi connectivity index (χ2n) is 5.67. The average molecular weight is 271 g/mol. The molecule has 0 saturated carbocycles. The monoisotopic (exact) mass is 271 g/mol. The molecule has 1 aromatic heterocycles. The summed E-state index contributed by atoms with van der Waals surface area (Å²) in [5, 5.41) is 7.49. The van der Waals surface area contributed by atoms with Crippen molar-refractivity contribution in [1.82, 2.24) is 15.5 Å². The van der Waals surface area contributed by atoms with Crippen LogP contribution in [-0.4, -0.2) is 23.2 Å². The van der Waals surface area contributed by atoms with Crippen molar-refractivity contribution in [3.63, 3.8) is 0 Å². The lowest BCUT2D eigenvalue weighted by Crippen LogP contribution is -2.26. The van der Waals surface area contributed by atoms with Gasteiger partial charge in [-0.15, -0.1) is 0 Å². The molecule has 0 aliphatic carbocycles. The van der Waals surface area contributed by atoms with E-state index in [1.54, 1.807) is 0 Å². The predicted octanol–water partition coefficient (Wildman–Crippen LogP) is 2.74. The summed E-state index contributed by atoms with van der Waals surface area (Å²) >= 11 is 0. The van der Waals surface area contributed by atoms with E-state index in [1.807, 2.05) is 0 Å². The van der Waals surface area contributed by atoms with Crippen molar-refractivity contribution in [2.24, 2.45) is 0 Å². The van der Waals surface area contributed by atoms with Gasteiger partial charge in [-0.05, 0) is 56.5 Å². The van der Waals surface area contributed by atoms with Gasteiger partial charge in [0.1, 0.15) is 0 Å². The Morgan fingerprint density at radius 3 is 2.75 bits per heavy atom. The Morgan fingerprint density at radius 2 is 2.00 bits per heavy atom. The second-order valence-corrected chi connectivity index (χ2v) is 5.67. The van der Waals surface area contributed by atoms with E-state index in [2.05, 4.69) is 47.5 Å². The number of nitrogens with one attached hydrogen (secondary N) is 1. The van der Waals surface area contributed by atoms with Gasteiger partial charge < -0.3 is 9.84 Å². The van der Waals surface area contributed by atoms with Crippen LogP contribution in [0.15, 0.2) is 22.7 Å². The molecule has 4 nitrogen and oxygen atoms in total. The van der Waals surface area contributed by atoms with Crippen LogP contribution in [0.3, 0.4) is 0 Å². The Hall–Kier alpha value is -1.68. The van der Waals surface area contributed by atoms with Crippen molar-refractivity contribution in [3.8, 4) is 0 Å². The van der Waals surface area contributed by atoms with Crippen LogP contribution in [0.2, 0.25) is 0 Å². The Balaban J connectivity index is 1.71. The largest absolute Gasteiger partial charge is 0.339 e. The van der Waals surface area contributed by atoms with Crippen LogP contribution in [0.25, 0.3) is 0 Å². The maximum Gasteiger partial charge on any atom is 0.229 e. The third-order valence-electron chi connectivity index (χ3n) is 4.11. The lowest BCUT2D eigenvalue weighted by Gasteiger charge is -2.18. The molecule has 0 unspecified atom stereocenters. The van der Waals surface area contributed by atoms with Crippen molar-refractivity contribution in [2.75, 3.05) is 13.1 Å². The molecule has 0 spiro atoms. The highest BCUT2D eigenvalue weighted by molar-refractivity contribution is 5.31. The summed E-state index contributed by atoms with van der Waals surface area (Å²) in [6.45, 7) is 6.34. The first kappa shape index (κ1) is 13.3. The molecule has 4 heteroatoms. The number of aromatic nitrogens is 2. The summed E-state index contributed by atoms with van der Waals surface area (Å²) in [6.07, 6.45) is 2.92. The molecule has 1 fully saturated rings. The summed E-state index contributed by atoms with van der Waals surface area (Å²) in [4.78, 5) is 4.58. The maximum absolute atomic E-state index is 5.44. The lowest BCUT2D eigenvalue weighted by atomic mass is 9.98. The van der Waals surface area contributed by atoms with E-state index in [1.165, 1.54) is 16.7 Å². The fourth-order valence-electron chi connectivity index (χ4n) is 2.67. The second kappa shape index (κ2) is 5.75. The van der Waals surface area contributed by atoms with Gasteiger partial charge in [0, 0.05) is 12.3 Å². The van der Waals surface area contributed by atoms with Gasteiger partial charge in [0.25, 0.3) is 0 Å². The molecule has 2 aromatic rings. The average Bonchev–Trinajstić information content (AvgIpc) is 2.92. The van der Waals surface area contributed by atoms with E-state index in [0.29, 0.717) is 5.92 Å². The lowest BCUT2D eigenvalue weighted by molar-refractivity contribution is 0.318. The van der Waals surface area contributed by atoms with Gasteiger partial charge >= 0.3 is 0 Å². The molecule has 2 heterocycles. The standard InChI is InChI=1S/C16H21N3O/c1-11-3-4-13(9-12(11)2)10-15-18-16(20-19-15)14-5-7-17-8-6-14/h3-4,9,14,17H,5-8,10H2,1-2H3. The molecular formula is C16H21N3O. The summed E-state index contributed by atoms with van der Waals surface area (Å²) < 4.78 is 5.44. The third-order valence-corrected chi connectivity index (χ3v) is 4.11. The molecule has 3 rings (SSSR count). The van der Waals surface area contributed by atoms with Crippen LogP contribution >= 0.6 is 0 Å². The molecule has 1 aliphatic rings. The molecule has 1 N–H and O–H groups in total. The first-order valence-electron chi connectivity index (χ1n) is 7.31. The SMILES string of the molecule is Cc1ccc(Cc2noc(C3CCNCC3)n2)cc1C. The third kappa shape index (κ3) is 2.90. The van der Waals surface area contributed by atoms with E-state index in [4.69, 9.17) is 4.52 Å². The molecule has 1 aromatic carbocycles. The number of benzene rings is 1. The highest BCUT2D eigenvalue weighted by Crippen LogP contribution is 2.24. The zero-order valence-corrected chi connectivity index (χ0v) is 12.1. The van der Waals surface area contributed by atoms with Gasteiger partial charge in [-0.3, -0.25) is 0 Å². The highest BCUT2D eigenvalue weighted by atomic mass is 16.5. The van der Waals surface area contributed by atoms with Gasteiger partial charge in [0.05, 0.1) is 0 Å². The van der Waals surface area contributed by atoms with Gasteiger partial charge in [0.15, 0.2) is 5.82 Å². The molecule has 0 radical (unpaired) electrons. The van der Waals surface area contributed by atoms with Crippen molar-refractivity contribution < 1.29 is 4.52 Å². The summed E-state index contributed by atoms with van der Waals surface area (Å²) in [7, 11) is 0. The molecule has 106 valence electrons. The fourth-order valence-corrected chi connectivity index (χ4v) is 2.67. The van der Waals surface area contributed by atoms with Crippen molar-refractivity contribution in [3.05, 3.63) is 46.6 Å². The Labute approximate surface area is 119 Å². The number of hydrogen-bond acceptors (Lipinski definition) is 4. The molecule has 1 aliphatic heterocycles. The topological polar surface area (TPSA) is 51.0 Å². The zero-order chi connectivity index (χ0) is 13.9. The maximum atomic E-state index is 5.44. The van der Waals surface area contributed by atoms with Gasteiger partial charge in [-0.25, -0.2) is 0 Å². The minimum atomic E-state index is 0.428. The zero-order valence-electron chi connectivity index (χ0n) is 12.1. The minimum absolute atomic E-state index is 0.428. The van der Waals surface area contributed by atoms with E-state index >= 15 is 0 Å². The van der Waals surface area contributed by atoms with Crippen molar-refractivity contribution in [2.45, 2.75) is 39.0 Å². The molecule has 1 saturated heterocycles. The first-order valence-corrected chi connectivity index (χ1v) is 7.31.